The van der Waals surface area contributed by atoms with Crippen molar-refractivity contribution in [2.24, 2.45) is 0 Å². The van der Waals surface area contributed by atoms with E-state index >= 15 is 0 Å². The summed E-state index contributed by atoms with van der Waals surface area (Å²) in [4.78, 5) is 12.2. The Morgan fingerprint density at radius 3 is 2.56 bits per heavy atom. The molecule has 0 spiro atoms. The molecule has 2 rings (SSSR count). The number of rotatable bonds is 9. The summed E-state index contributed by atoms with van der Waals surface area (Å²) in [7, 11) is 3.28. The van der Waals surface area contributed by atoms with E-state index in [1.165, 1.54) is 5.56 Å². The quantitative estimate of drug-likeness (QED) is 0.742. The van der Waals surface area contributed by atoms with Gasteiger partial charge in [-0.05, 0) is 42.7 Å². The summed E-state index contributed by atoms with van der Waals surface area (Å²) in [5.74, 6) is 2.48. The van der Waals surface area contributed by atoms with E-state index in [0.29, 0.717) is 13.0 Å². The molecule has 0 aliphatic heterocycles. The van der Waals surface area contributed by atoms with Crippen molar-refractivity contribution in [1.29, 1.82) is 0 Å². The summed E-state index contributed by atoms with van der Waals surface area (Å²) < 4.78 is 10.6. The molecule has 1 N–H and O–H groups in total. The maximum Gasteiger partial charge on any atom is 0.232 e. The number of methoxy groups -OCH3 is 2. The topological polar surface area (TPSA) is 47.6 Å². The fourth-order valence-corrected chi connectivity index (χ4v) is 3.28. The highest BCUT2D eigenvalue weighted by molar-refractivity contribution is 7.99. The van der Waals surface area contributed by atoms with Gasteiger partial charge in [-0.2, -0.15) is 0 Å². The Morgan fingerprint density at radius 2 is 1.88 bits per heavy atom. The van der Waals surface area contributed by atoms with E-state index in [9.17, 15) is 4.79 Å². The molecule has 25 heavy (non-hydrogen) atoms. The van der Waals surface area contributed by atoms with Crippen LogP contribution in [0, 0.1) is 0 Å². The van der Waals surface area contributed by atoms with Gasteiger partial charge in [0.2, 0.25) is 5.91 Å². The van der Waals surface area contributed by atoms with E-state index in [1.807, 2.05) is 43.3 Å². The summed E-state index contributed by atoms with van der Waals surface area (Å²) in [6.45, 7) is 2.51. The minimum Gasteiger partial charge on any atom is -0.497 e. The van der Waals surface area contributed by atoms with Gasteiger partial charge in [0.1, 0.15) is 11.5 Å². The number of carbonyl (C=O) groups is 1. The van der Waals surface area contributed by atoms with Crippen LogP contribution in [0.4, 0.5) is 0 Å². The number of ether oxygens (including phenoxy) is 2. The van der Waals surface area contributed by atoms with E-state index in [4.69, 9.17) is 9.47 Å². The number of hydrogen-bond acceptors (Lipinski definition) is 4. The van der Waals surface area contributed by atoms with Crippen LogP contribution in [0.2, 0.25) is 0 Å². The van der Waals surface area contributed by atoms with E-state index in [2.05, 4.69) is 17.4 Å². The van der Waals surface area contributed by atoms with Gasteiger partial charge >= 0.3 is 0 Å². The standard InChI is InChI=1S/C20H25NO3S/c1-15(25-14-16-7-5-4-6-8-16)20(22)21-12-11-17-13-18(23-2)9-10-19(17)24-3/h4-10,13,15H,11-12,14H2,1-3H3,(H,21,22). The van der Waals surface area contributed by atoms with Crippen molar-refractivity contribution >= 4 is 17.7 Å². The van der Waals surface area contributed by atoms with Gasteiger partial charge in [0.25, 0.3) is 0 Å². The molecule has 0 radical (unpaired) electrons. The van der Waals surface area contributed by atoms with Crippen LogP contribution in [0.3, 0.4) is 0 Å². The van der Waals surface area contributed by atoms with Crippen molar-refractivity contribution in [2.75, 3.05) is 20.8 Å². The molecule has 0 saturated heterocycles. The molecular formula is C20H25NO3S. The third kappa shape index (κ3) is 6.02. The first-order chi connectivity index (χ1) is 12.1. The third-order valence-electron chi connectivity index (χ3n) is 3.89. The molecule has 2 aromatic rings. The molecule has 0 aliphatic carbocycles. The summed E-state index contributed by atoms with van der Waals surface area (Å²) in [5, 5.41) is 2.91. The molecular weight excluding hydrogens is 334 g/mol. The molecule has 134 valence electrons. The Balaban J connectivity index is 1.79. The highest BCUT2D eigenvalue weighted by Gasteiger charge is 2.13. The number of nitrogens with one attached hydrogen (secondary N) is 1. The van der Waals surface area contributed by atoms with E-state index in [-0.39, 0.29) is 11.2 Å². The molecule has 0 aliphatic rings. The average Bonchev–Trinajstić information content (AvgIpc) is 2.66. The summed E-state index contributed by atoms with van der Waals surface area (Å²) >= 11 is 1.64. The molecule has 1 amide bonds. The predicted octanol–water partition coefficient (Wildman–Crippen LogP) is 3.68. The Bertz CT molecular complexity index is 676. The average molecular weight is 359 g/mol. The van der Waals surface area contributed by atoms with Crippen LogP contribution in [0.25, 0.3) is 0 Å². The zero-order valence-corrected chi connectivity index (χ0v) is 15.8. The van der Waals surface area contributed by atoms with Crippen LogP contribution >= 0.6 is 11.8 Å². The van der Waals surface area contributed by atoms with Gasteiger partial charge in [-0.1, -0.05) is 30.3 Å². The molecule has 4 nitrogen and oxygen atoms in total. The lowest BCUT2D eigenvalue weighted by Gasteiger charge is -2.14. The van der Waals surface area contributed by atoms with Crippen molar-refractivity contribution in [1.82, 2.24) is 5.32 Å². The Morgan fingerprint density at radius 1 is 1.12 bits per heavy atom. The maximum absolute atomic E-state index is 12.2. The molecule has 0 saturated carbocycles. The van der Waals surface area contributed by atoms with Crippen LogP contribution in [-0.4, -0.2) is 31.9 Å². The molecule has 0 bridgehead atoms. The number of benzene rings is 2. The number of thioether (sulfide) groups is 1. The van der Waals surface area contributed by atoms with Gasteiger partial charge in [0, 0.05) is 12.3 Å². The summed E-state index contributed by atoms with van der Waals surface area (Å²) in [6, 6.07) is 15.9. The second kappa shape index (κ2) is 9.99. The molecule has 0 heterocycles. The van der Waals surface area contributed by atoms with Gasteiger partial charge in [-0.3, -0.25) is 4.79 Å². The number of hydrogen-bond donors (Lipinski definition) is 1. The molecule has 2 aromatic carbocycles. The summed E-state index contributed by atoms with van der Waals surface area (Å²) in [5.41, 5.74) is 2.25. The third-order valence-corrected chi connectivity index (χ3v) is 5.11. The number of carbonyl (C=O) groups excluding carboxylic acids is 1. The smallest absolute Gasteiger partial charge is 0.232 e. The first-order valence-electron chi connectivity index (χ1n) is 8.28. The zero-order valence-electron chi connectivity index (χ0n) is 15.0. The van der Waals surface area contributed by atoms with Crippen molar-refractivity contribution in [3.8, 4) is 11.5 Å². The first-order valence-corrected chi connectivity index (χ1v) is 9.33. The fourth-order valence-electron chi connectivity index (χ4n) is 2.41. The molecule has 0 fully saturated rings. The minimum atomic E-state index is -0.0904. The van der Waals surface area contributed by atoms with Gasteiger partial charge in [-0.15, -0.1) is 11.8 Å². The van der Waals surface area contributed by atoms with Crippen LogP contribution in [-0.2, 0) is 17.0 Å². The normalized spacial score (nSPS) is 11.6. The lowest BCUT2D eigenvalue weighted by molar-refractivity contribution is -0.120. The lowest BCUT2D eigenvalue weighted by Crippen LogP contribution is -2.32. The van der Waals surface area contributed by atoms with E-state index in [0.717, 1.165) is 22.8 Å². The van der Waals surface area contributed by atoms with Gasteiger partial charge in [0.05, 0.1) is 19.5 Å². The Hall–Kier alpha value is -2.14. The van der Waals surface area contributed by atoms with Crippen LogP contribution in [0.1, 0.15) is 18.1 Å². The molecule has 1 atom stereocenters. The maximum atomic E-state index is 12.2. The van der Waals surface area contributed by atoms with Crippen molar-refractivity contribution in [3.63, 3.8) is 0 Å². The van der Waals surface area contributed by atoms with E-state index < -0.39 is 0 Å². The van der Waals surface area contributed by atoms with Crippen LogP contribution < -0.4 is 14.8 Å². The second-order valence-corrected chi connectivity index (χ2v) is 6.99. The molecule has 1 unspecified atom stereocenters. The van der Waals surface area contributed by atoms with E-state index in [1.54, 1.807) is 26.0 Å². The first kappa shape index (κ1) is 19.2. The molecule has 5 heteroatoms. The van der Waals surface area contributed by atoms with Gasteiger partial charge in [0.15, 0.2) is 0 Å². The van der Waals surface area contributed by atoms with Crippen molar-refractivity contribution < 1.29 is 14.3 Å². The van der Waals surface area contributed by atoms with Crippen LogP contribution in [0.5, 0.6) is 11.5 Å². The highest BCUT2D eigenvalue weighted by Crippen LogP contribution is 2.24. The largest absolute Gasteiger partial charge is 0.497 e. The predicted molar refractivity (Wildman–Crippen MR) is 103 cm³/mol. The SMILES string of the molecule is COc1ccc(OC)c(CCNC(=O)C(C)SCc2ccccc2)c1. The second-order valence-electron chi connectivity index (χ2n) is 5.66. The van der Waals surface area contributed by atoms with Crippen LogP contribution in [0.15, 0.2) is 48.5 Å². The highest BCUT2D eigenvalue weighted by atomic mass is 32.2. The van der Waals surface area contributed by atoms with Gasteiger partial charge in [-0.25, -0.2) is 0 Å². The van der Waals surface area contributed by atoms with Gasteiger partial charge < -0.3 is 14.8 Å². The van der Waals surface area contributed by atoms with Crippen molar-refractivity contribution in [2.45, 2.75) is 24.3 Å². The Kier molecular flexibility index (Phi) is 7.67. The molecule has 0 aromatic heterocycles. The minimum absolute atomic E-state index is 0.0581. The fraction of sp³-hybridized carbons (Fsp3) is 0.350. The van der Waals surface area contributed by atoms with Crippen molar-refractivity contribution in [3.05, 3.63) is 59.7 Å². The monoisotopic (exact) mass is 359 g/mol. The summed E-state index contributed by atoms with van der Waals surface area (Å²) in [6.07, 6.45) is 0.697. The lowest BCUT2D eigenvalue weighted by atomic mass is 10.1. The number of amides is 1. The Labute approximate surface area is 153 Å². The zero-order chi connectivity index (χ0) is 18.1.